The topological polar surface area (TPSA) is 43.2 Å². The molecule has 0 N–H and O–H groups in total. The molecule has 1 aromatic heterocycles. The molecule has 4 nitrogen and oxygen atoms in total. The molecule has 1 saturated heterocycles. The number of benzene rings is 2. The smallest absolute Gasteiger partial charge is 0.128 e. The van der Waals surface area contributed by atoms with Gasteiger partial charge in [0.15, 0.2) is 0 Å². The molecule has 0 unspecified atom stereocenters. The number of aromatic nitrogens is 1. The predicted molar refractivity (Wildman–Crippen MR) is 115 cm³/mol. The van der Waals surface area contributed by atoms with E-state index in [-0.39, 0.29) is 5.82 Å². The van der Waals surface area contributed by atoms with Crippen LogP contribution in [0, 0.1) is 17.1 Å². The van der Waals surface area contributed by atoms with Gasteiger partial charge in [-0.05, 0) is 59.5 Å². The lowest BCUT2D eigenvalue weighted by atomic mass is 9.95. The minimum absolute atomic E-state index is 0.246. The zero-order valence-electron chi connectivity index (χ0n) is 16.5. The third-order valence-electron chi connectivity index (χ3n) is 5.46. The molecule has 0 bridgehead atoms. The van der Waals surface area contributed by atoms with E-state index in [1.807, 2.05) is 24.4 Å². The Morgan fingerprint density at radius 3 is 2.31 bits per heavy atom. The summed E-state index contributed by atoms with van der Waals surface area (Å²) >= 11 is 0. The number of hydrogen-bond donors (Lipinski definition) is 0. The fraction of sp³-hybridized carbons (Fsp3) is 0.250. The van der Waals surface area contributed by atoms with Crippen molar-refractivity contribution in [2.24, 2.45) is 0 Å². The van der Waals surface area contributed by atoms with Crippen molar-refractivity contribution in [2.45, 2.75) is 13.3 Å². The Labute approximate surface area is 170 Å². The maximum Gasteiger partial charge on any atom is 0.128 e. The van der Waals surface area contributed by atoms with Gasteiger partial charge in [0.1, 0.15) is 17.7 Å². The highest BCUT2D eigenvalue weighted by Crippen LogP contribution is 2.32. The number of aryl methyl sites for hydroxylation is 1. The predicted octanol–water partition coefficient (Wildman–Crippen LogP) is 4.65. The molecule has 5 heteroatoms. The molecule has 0 radical (unpaired) electrons. The van der Waals surface area contributed by atoms with Crippen LogP contribution in [-0.4, -0.2) is 31.2 Å². The zero-order chi connectivity index (χ0) is 20.2. The van der Waals surface area contributed by atoms with Gasteiger partial charge in [0.25, 0.3) is 0 Å². The second-order valence-corrected chi connectivity index (χ2v) is 7.16. The van der Waals surface area contributed by atoms with Crippen molar-refractivity contribution in [2.75, 3.05) is 36.0 Å². The van der Waals surface area contributed by atoms with Gasteiger partial charge in [-0.25, -0.2) is 9.37 Å². The second kappa shape index (κ2) is 8.32. The number of anilines is 2. The summed E-state index contributed by atoms with van der Waals surface area (Å²) in [7, 11) is 0. The molecule has 0 aliphatic carbocycles. The van der Waals surface area contributed by atoms with Gasteiger partial charge in [-0.2, -0.15) is 5.26 Å². The summed E-state index contributed by atoms with van der Waals surface area (Å²) in [5.41, 5.74) is 4.70. The van der Waals surface area contributed by atoms with Crippen LogP contribution in [0.3, 0.4) is 0 Å². The molecule has 0 spiro atoms. The van der Waals surface area contributed by atoms with Crippen molar-refractivity contribution in [3.8, 4) is 17.2 Å². The molecule has 1 aliphatic heterocycles. The van der Waals surface area contributed by atoms with Gasteiger partial charge in [-0.15, -0.1) is 0 Å². The molecule has 3 aromatic rings. The monoisotopic (exact) mass is 386 g/mol. The minimum atomic E-state index is -0.246. The summed E-state index contributed by atoms with van der Waals surface area (Å²) in [5.74, 6) is 0.742. The molecule has 2 aromatic carbocycles. The molecule has 4 rings (SSSR count). The lowest BCUT2D eigenvalue weighted by Crippen LogP contribution is -2.47. The first-order chi connectivity index (χ1) is 14.2. The van der Waals surface area contributed by atoms with Crippen LogP contribution in [0.15, 0.2) is 60.8 Å². The van der Waals surface area contributed by atoms with Gasteiger partial charge in [0.2, 0.25) is 0 Å². The third-order valence-corrected chi connectivity index (χ3v) is 5.46. The Morgan fingerprint density at radius 2 is 1.69 bits per heavy atom. The van der Waals surface area contributed by atoms with E-state index in [1.165, 1.54) is 12.1 Å². The van der Waals surface area contributed by atoms with Gasteiger partial charge >= 0.3 is 0 Å². The molecule has 0 atom stereocenters. The fourth-order valence-corrected chi connectivity index (χ4v) is 3.87. The van der Waals surface area contributed by atoms with Gasteiger partial charge in [0, 0.05) is 32.4 Å². The summed E-state index contributed by atoms with van der Waals surface area (Å²) in [6.45, 7) is 5.41. The van der Waals surface area contributed by atoms with Crippen LogP contribution in [0.1, 0.15) is 18.1 Å². The number of halogens is 1. The summed E-state index contributed by atoms with van der Waals surface area (Å²) in [6.07, 6.45) is 2.59. The van der Waals surface area contributed by atoms with Crippen molar-refractivity contribution in [1.82, 2.24) is 4.98 Å². The number of nitriles is 1. The first kappa shape index (κ1) is 18.9. The van der Waals surface area contributed by atoms with Crippen LogP contribution in [-0.2, 0) is 6.42 Å². The Balaban J connectivity index is 1.65. The number of pyridine rings is 1. The SMILES string of the molecule is CCc1cc(-c2ccc(F)cc2)cc(N2CCN(c3ccccn3)CC2)c1C#N. The van der Waals surface area contributed by atoms with E-state index in [0.29, 0.717) is 0 Å². The molecule has 146 valence electrons. The standard InChI is InChI=1S/C24H23FN4/c1-2-18-15-20(19-6-8-21(25)9-7-19)16-23(22(18)17-26)28-11-13-29(14-12-28)24-5-3-4-10-27-24/h3-10,15-16H,2,11-14H2,1H3. The number of nitrogens with zero attached hydrogens (tertiary/aromatic N) is 4. The van der Waals surface area contributed by atoms with Crippen LogP contribution in [0.4, 0.5) is 15.9 Å². The van der Waals surface area contributed by atoms with Gasteiger partial charge < -0.3 is 9.80 Å². The van der Waals surface area contributed by atoms with Crippen LogP contribution < -0.4 is 9.80 Å². The maximum atomic E-state index is 13.4. The van der Waals surface area contributed by atoms with Crippen LogP contribution >= 0.6 is 0 Å². The van der Waals surface area contributed by atoms with E-state index >= 15 is 0 Å². The maximum absolute atomic E-state index is 13.4. The lowest BCUT2D eigenvalue weighted by molar-refractivity contribution is 0.628. The summed E-state index contributed by atoms with van der Waals surface area (Å²) in [4.78, 5) is 9.00. The normalized spacial score (nSPS) is 14.0. The molecule has 1 fully saturated rings. The van der Waals surface area contributed by atoms with E-state index in [4.69, 9.17) is 0 Å². The minimum Gasteiger partial charge on any atom is -0.367 e. The van der Waals surface area contributed by atoms with Gasteiger partial charge in [-0.3, -0.25) is 0 Å². The molecule has 0 amide bonds. The first-order valence-corrected chi connectivity index (χ1v) is 9.93. The average molecular weight is 386 g/mol. The largest absolute Gasteiger partial charge is 0.367 e. The van der Waals surface area contributed by atoms with E-state index in [2.05, 4.69) is 39.9 Å². The van der Waals surface area contributed by atoms with Gasteiger partial charge in [0.05, 0.1) is 11.3 Å². The van der Waals surface area contributed by atoms with Crippen LogP contribution in [0.5, 0.6) is 0 Å². The van der Waals surface area contributed by atoms with Crippen molar-refractivity contribution in [1.29, 1.82) is 5.26 Å². The van der Waals surface area contributed by atoms with Crippen molar-refractivity contribution in [3.63, 3.8) is 0 Å². The van der Waals surface area contributed by atoms with E-state index < -0.39 is 0 Å². The Morgan fingerprint density at radius 1 is 0.966 bits per heavy atom. The highest BCUT2D eigenvalue weighted by molar-refractivity contribution is 5.75. The lowest BCUT2D eigenvalue weighted by Gasteiger charge is -2.37. The molecular weight excluding hydrogens is 363 g/mol. The Bertz CT molecular complexity index is 1020. The number of piperazine rings is 1. The van der Waals surface area contributed by atoms with E-state index in [9.17, 15) is 9.65 Å². The summed E-state index contributed by atoms with van der Waals surface area (Å²) in [6, 6.07) is 19.0. The van der Waals surface area contributed by atoms with Crippen molar-refractivity contribution < 1.29 is 4.39 Å². The highest BCUT2D eigenvalue weighted by Gasteiger charge is 2.22. The molecule has 2 heterocycles. The van der Waals surface area contributed by atoms with Crippen LogP contribution in [0.25, 0.3) is 11.1 Å². The molecule has 0 saturated carbocycles. The summed E-state index contributed by atoms with van der Waals surface area (Å²) < 4.78 is 13.4. The summed E-state index contributed by atoms with van der Waals surface area (Å²) in [5, 5.41) is 9.84. The Kier molecular flexibility index (Phi) is 5.44. The molecule has 1 aliphatic rings. The zero-order valence-corrected chi connectivity index (χ0v) is 16.5. The van der Waals surface area contributed by atoms with E-state index in [1.54, 1.807) is 12.1 Å². The van der Waals surface area contributed by atoms with Crippen LogP contribution in [0.2, 0.25) is 0 Å². The van der Waals surface area contributed by atoms with E-state index in [0.717, 1.165) is 66.4 Å². The first-order valence-electron chi connectivity index (χ1n) is 9.93. The Hall–Kier alpha value is -3.39. The average Bonchev–Trinajstić information content (AvgIpc) is 2.79. The van der Waals surface area contributed by atoms with Crippen molar-refractivity contribution >= 4 is 11.5 Å². The van der Waals surface area contributed by atoms with Gasteiger partial charge in [-0.1, -0.05) is 25.1 Å². The number of rotatable bonds is 4. The highest BCUT2D eigenvalue weighted by atomic mass is 19.1. The number of hydrogen-bond acceptors (Lipinski definition) is 4. The second-order valence-electron chi connectivity index (χ2n) is 7.16. The van der Waals surface area contributed by atoms with Crippen molar-refractivity contribution in [3.05, 3.63) is 77.7 Å². The fourth-order valence-electron chi connectivity index (χ4n) is 3.87. The third kappa shape index (κ3) is 3.93. The molecule has 29 heavy (non-hydrogen) atoms. The quantitative estimate of drug-likeness (QED) is 0.655. The molecular formula is C24H23FN4.